The molecule has 0 saturated carbocycles. The lowest BCUT2D eigenvalue weighted by molar-refractivity contribution is 0.0840. The molecule has 0 unspecified atom stereocenters. The molecule has 1 N–H and O–H groups in total. The van der Waals surface area contributed by atoms with Crippen molar-refractivity contribution < 1.29 is 4.79 Å². The molecule has 8 heteroatoms. The van der Waals surface area contributed by atoms with E-state index in [9.17, 15) is 4.79 Å². The monoisotopic (exact) mass is 442 g/mol. The molecule has 2 aliphatic heterocycles. The number of piperidine rings is 1. The lowest BCUT2D eigenvalue weighted by atomic mass is 10.0. The van der Waals surface area contributed by atoms with Crippen LogP contribution in [0.3, 0.4) is 0 Å². The average molecular weight is 443 g/mol. The molecule has 166 valence electrons. The predicted octanol–water partition coefficient (Wildman–Crippen LogP) is 2.84. The van der Waals surface area contributed by atoms with Gasteiger partial charge in [-0.1, -0.05) is 41.9 Å². The van der Waals surface area contributed by atoms with E-state index in [4.69, 9.17) is 11.6 Å². The number of hydrogen-bond acceptors (Lipinski definition) is 6. The van der Waals surface area contributed by atoms with Crippen LogP contribution in [-0.2, 0) is 0 Å². The maximum absolute atomic E-state index is 12.8. The first-order valence-corrected chi connectivity index (χ1v) is 11.5. The highest BCUT2D eigenvalue weighted by molar-refractivity contribution is 6.33. The number of benzene rings is 1. The summed E-state index contributed by atoms with van der Waals surface area (Å²) in [6, 6.07) is 10.9. The van der Waals surface area contributed by atoms with Crippen molar-refractivity contribution in [2.24, 2.45) is 0 Å². The Hall–Kier alpha value is -2.22. The fraction of sp³-hybridized carbons (Fsp3) is 0.522. The Morgan fingerprint density at radius 1 is 1.13 bits per heavy atom. The van der Waals surface area contributed by atoms with Gasteiger partial charge >= 0.3 is 0 Å². The van der Waals surface area contributed by atoms with E-state index in [1.54, 1.807) is 6.20 Å². The second-order valence-corrected chi connectivity index (χ2v) is 8.80. The molecule has 7 nitrogen and oxygen atoms in total. The van der Waals surface area contributed by atoms with Crippen LogP contribution in [0.5, 0.6) is 0 Å². The highest BCUT2D eigenvalue weighted by atomic mass is 35.5. The standard InChI is InChI=1S/C23H31ClN6O/c1-28-14-15-29(20(17-28)18-8-4-2-5-9-18)13-10-25-22(31)21-19(24)16-26-23(27-21)30-11-6-3-7-12-30/h2,4-5,8-9,16,20H,3,6-7,10-15,17H2,1H3,(H,25,31)/t20-/m1/s1. The van der Waals surface area contributed by atoms with Gasteiger partial charge in [0.1, 0.15) is 0 Å². The molecule has 3 heterocycles. The number of anilines is 1. The number of aromatic nitrogens is 2. The SMILES string of the molecule is CN1CCN(CCNC(=O)c2nc(N3CCCCC3)ncc2Cl)[C@@H](c2ccccc2)C1. The highest BCUT2D eigenvalue weighted by Crippen LogP contribution is 2.24. The lowest BCUT2D eigenvalue weighted by Crippen LogP contribution is -2.49. The normalized spacial score (nSPS) is 20.6. The Bertz CT molecular complexity index is 874. The summed E-state index contributed by atoms with van der Waals surface area (Å²) in [6.07, 6.45) is 5.02. The smallest absolute Gasteiger partial charge is 0.271 e. The number of nitrogens with zero attached hydrogens (tertiary/aromatic N) is 5. The molecule has 0 spiro atoms. The summed E-state index contributed by atoms with van der Waals surface area (Å²) in [4.78, 5) is 28.6. The number of carbonyl (C=O) groups excluding carboxylic acids is 1. The zero-order chi connectivity index (χ0) is 21.6. The minimum Gasteiger partial charge on any atom is -0.349 e. The number of nitrogens with one attached hydrogen (secondary N) is 1. The van der Waals surface area contributed by atoms with Crippen molar-refractivity contribution in [1.29, 1.82) is 0 Å². The summed E-state index contributed by atoms with van der Waals surface area (Å²) in [5.74, 6) is 0.355. The molecule has 0 aliphatic carbocycles. The maximum atomic E-state index is 12.8. The van der Waals surface area contributed by atoms with Crippen molar-refractivity contribution in [2.75, 3.05) is 57.8 Å². The van der Waals surface area contributed by atoms with Crippen LogP contribution in [-0.4, -0.2) is 78.5 Å². The van der Waals surface area contributed by atoms with E-state index in [0.717, 1.165) is 52.1 Å². The second kappa shape index (κ2) is 10.4. The minimum atomic E-state index is -0.240. The molecule has 1 aromatic heterocycles. The molecule has 2 aliphatic rings. The Balaban J connectivity index is 1.37. The first kappa shape index (κ1) is 22.0. The molecule has 1 amide bonds. The van der Waals surface area contributed by atoms with Gasteiger partial charge in [0.2, 0.25) is 5.95 Å². The zero-order valence-corrected chi connectivity index (χ0v) is 18.9. The first-order valence-electron chi connectivity index (χ1n) is 11.1. The van der Waals surface area contributed by atoms with E-state index in [1.807, 2.05) is 6.07 Å². The third-order valence-electron chi connectivity index (χ3n) is 6.15. The van der Waals surface area contributed by atoms with E-state index in [1.165, 1.54) is 12.0 Å². The van der Waals surface area contributed by atoms with E-state index in [0.29, 0.717) is 23.6 Å². The molecule has 31 heavy (non-hydrogen) atoms. The van der Waals surface area contributed by atoms with Crippen molar-refractivity contribution in [3.05, 3.63) is 52.8 Å². The van der Waals surface area contributed by atoms with E-state index < -0.39 is 0 Å². The Morgan fingerprint density at radius 3 is 2.68 bits per heavy atom. The van der Waals surface area contributed by atoms with Crippen LogP contribution in [0.4, 0.5) is 5.95 Å². The van der Waals surface area contributed by atoms with Gasteiger partial charge in [-0.3, -0.25) is 9.69 Å². The van der Waals surface area contributed by atoms with Gasteiger partial charge in [-0.2, -0.15) is 0 Å². The summed E-state index contributed by atoms with van der Waals surface area (Å²) < 4.78 is 0. The van der Waals surface area contributed by atoms with Crippen molar-refractivity contribution in [3.63, 3.8) is 0 Å². The Labute approximate surface area is 189 Å². The van der Waals surface area contributed by atoms with Crippen LogP contribution in [0.2, 0.25) is 5.02 Å². The second-order valence-electron chi connectivity index (χ2n) is 8.39. The summed E-state index contributed by atoms with van der Waals surface area (Å²) >= 11 is 6.26. The maximum Gasteiger partial charge on any atom is 0.271 e. The average Bonchev–Trinajstić information content (AvgIpc) is 2.81. The lowest BCUT2D eigenvalue weighted by Gasteiger charge is -2.40. The van der Waals surface area contributed by atoms with Gasteiger partial charge in [0.15, 0.2) is 5.69 Å². The third kappa shape index (κ3) is 5.53. The molecule has 2 saturated heterocycles. The molecule has 0 radical (unpaired) electrons. The van der Waals surface area contributed by atoms with Gasteiger partial charge in [-0.05, 0) is 31.9 Å². The van der Waals surface area contributed by atoms with E-state index in [-0.39, 0.29) is 11.6 Å². The van der Waals surface area contributed by atoms with Gasteiger partial charge in [0, 0.05) is 51.9 Å². The molecule has 2 aromatic rings. The molecule has 2 fully saturated rings. The largest absolute Gasteiger partial charge is 0.349 e. The van der Waals surface area contributed by atoms with Gasteiger partial charge in [-0.25, -0.2) is 9.97 Å². The summed E-state index contributed by atoms with van der Waals surface area (Å²) in [7, 11) is 2.16. The highest BCUT2D eigenvalue weighted by Gasteiger charge is 2.26. The van der Waals surface area contributed by atoms with E-state index >= 15 is 0 Å². The summed E-state index contributed by atoms with van der Waals surface area (Å²) in [5.41, 5.74) is 1.57. The van der Waals surface area contributed by atoms with Crippen molar-refractivity contribution >= 4 is 23.5 Å². The number of rotatable bonds is 6. The van der Waals surface area contributed by atoms with Gasteiger partial charge in [0.05, 0.1) is 11.2 Å². The van der Waals surface area contributed by atoms with Crippen LogP contribution in [0.1, 0.15) is 41.4 Å². The van der Waals surface area contributed by atoms with Crippen molar-refractivity contribution in [3.8, 4) is 0 Å². The van der Waals surface area contributed by atoms with Gasteiger partial charge in [-0.15, -0.1) is 0 Å². The van der Waals surface area contributed by atoms with Gasteiger partial charge < -0.3 is 15.1 Å². The van der Waals surface area contributed by atoms with Crippen LogP contribution in [0.15, 0.2) is 36.5 Å². The molecule has 0 bridgehead atoms. The number of amides is 1. The Morgan fingerprint density at radius 2 is 1.90 bits per heavy atom. The van der Waals surface area contributed by atoms with Crippen LogP contribution >= 0.6 is 11.6 Å². The van der Waals surface area contributed by atoms with Crippen LogP contribution < -0.4 is 10.2 Å². The fourth-order valence-electron chi connectivity index (χ4n) is 4.38. The number of piperazine rings is 1. The van der Waals surface area contributed by atoms with Crippen LogP contribution in [0, 0.1) is 0 Å². The topological polar surface area (TPSA) is 64.6 Å². The van der Waals surface area contributed by atoms with Crippen LogP contribution in [0.25, 0.3) is 0 Å². The molecular formula is C23H31ClN6O. The van der Waals surface area contributed by atoms with Crippen molar-refractivity contribution in [1.82, 2.24) is 25.1 Å². The summed E-state index contributed by atoms with van der Waals surface area (Å²) in [5, 5.41) is 3.30. The quantitative estimate of drug-likeness (QED) is 0.742. The number of halogens is 1. The molecule has 4 rings (SSSR count). The van der Waals surface area contributed by atoms with Gasteiger partial charge in [0.25, 0.3) is 5.91 Å². The van der Waals surface area contributed by atoms with E-state index in [2.05, 4.69) is 61.3 Å². The minimum absolute atomic E-state index is 0.240. The third-order valence-corrected chi connectivity index (χ3v) is 6.43. The summed E-state index contributed by atoms with van der Waals surface area (Å²) in [6.45, 7) is 6.15. The first-order chi connectivity index (χ1) is 15.1. The zero-order valence-electron chi connectivity index (χ0n) is 18.1. The van der Waals surface area contributed by atoms with Crippen molar-refractivity contribution in [2.45, 2.75) is 25.3 Å². The molecule has 1 atom stereocenters. The number of carbonyl (C=O) groups is 1. The fourth-order valence-corrected chi connectivity index (χ4v) is 4.55. The Kier molecular flexibility index (Phi) is 7.37. The molecule has 1 aromatic carbocycles. The number of likely N-dealkylation sites (N-methyl/N-ethyl adjacent to an activating group) is 1. The molecular weight excluding hydrogens is 412 g/mol. The number of hydrogen-bond donors (Lipinski definition) is 1. The predicted molar refractivity (Wildman–Crippen MR) is 124 cm³/mol.